The van der Waals surface area contributed by atoms with E-state index < -0.39 is 0 Å². The summed E-state index contributed by atoms with van der Waals surface area (Å²) in [6, 6.07) is 8.65. The molecule has 1 aromatic heterocycles. The van der Waals surface area contributed by atoms with Gasteiger partial charge in [-0.05, 0) is 18.9 Å². The number of hydrogen-bond acceptors (Lipinski definition) is 3. The lowest BCUT2D eigenvalue weighted by molar-refractivity contribution is 0.0542. The summed E-state index contributed by atoms with van der Waals surface area (Å²) in [6.07, 6.45) is 1.03. The van der Waals surface area contributed by atoms with Gasteiger partial charge in [0.1, 0.15) is 6.61 Å². The highest BCUT2D eigenvalue weighted by atomic mass is 16.5. The van der Waals surface area contributed by atoms with Gasteiger partial charge in [0.2, 0.25) is 0 Å². The monoisotopic (exact) mass is 243 g/mol. The molecule has 2 aromatic rings. The van der Waals surface area contributed by atoms with Crippen LogP contribution < -0.4 is 0 Å². The van der Waals surface area contributed by atoms with Crippen molar-refractivity contribution in [3.8, 4) is 11.4 Å². The van der Waals surface area contributed by atoms with Crippen molar-refractivity contribution in [2.24, 2.45) is 0 Å². The van der Waals surface area contributed by atoms with Crippen molar-refractivity contribution >= 4 is 0 Å². The second-order valence-corrected chi connectivity index (χ2v) is 4.70. The lowest BCUT2D eigenvalue weighted by Crippen LogP contribution is -2.24. The Morgan fingerprint density at radius 3 is 2.94 bits per heavy atom. The molecule has 4 heteroatoms. The standard InChI is InChI=1S/C14H17N3O/c1-3-11-8-18-9-13-15-16-14(17(11)13)12-7-5-4-6-10(12)2/h4-7,11H,3,8-9H2,1-2H3. The van der Waals surface area contributed by atoms with Gasteiger partial charge in [-0.3, -0.25) is 0 Å². The Bertz CT molecular complexity index is 562. The van der Waals surface area contributed by atoms with E-state index >= 15 is 0 Å². The Morgan fingerprint density at radius 2 is 2.17 bits per heavy atom. The molecular formula is C14H17N3O. The summed E-state index contributed by atoms with van der Waals surface area (Å²) in [7, 11) is 0. The maximum Gasteiger partial charge on any atom is 0.164 e. The van der Waals surface area contributed by atoms with Crippen molar-refractivity contribution in [1.29, 1.82) is 0 Å². The van der Waals surface area contributed by atoms with Crippen LogP contribution in [-0.2, 0) is 11.3 Å². The van der Waals surface area contributed by atoms with E-state index in [0.717, 1.165) is 30.2 Å². The molecule has 18 heavy (non-hydrogen) atoms. The number of rotatable bonds is 2. The minimum atomic E-state index is 0.346. The Balaban J connectivity index is 2.14. The summed E-state index contributed by atoms with van der Waals surface area (Å²) in [5, 5.41) is 8.62. The average Bonchev–Trinajstić information content (AvgIpc) is 2.83. The van der Waals surface area contributed by atoms with E-state index in [1.54, 1.807) is 0 Å². The van der Waals surface area contributed by atoms with Gasteiger partial charge in [0, 0.05) is 5.56 Å². The Hall–Kier alpha value is -1.68. The first-order valence-corrected chi connectivity index (χ1v) is 6.38. The Kier molecular flexibility index (Phi) is 2.88. The predicted molar refractivity (Wildman–Crippen MR) is 69.2 cm³/mol. The van der Waals surface area contributed by atoms with E-state index in [1.807, 2.05) is 12.1 Å². The molecule has 94 valence electrons. The van der Waals surface area contributed by atoms with Crippen LogP contribution in [0.2, 0.25) is 0 Å². The minimum absolute atomic E-state index is 0.346. The van der Waals surface area contributed by atoms with Crippen molar-refractivity contribution in [1.82, 2.24) is 14.8 Å². The average molecular weight is 243 g/mol. The third-order valence-electron chi connectivity index (χ3n) is 3.53. The number of hydrogen-bond donors (Lipinski definition) is 0. The molecule has 0 saturated heterocycles. The fourth-order valence-electron chi connectivity index (χ4n) is 2.47. The SMILES string of the molecule is CCC1COCc2nnc(-c3ccccc3C)n21. The van der Waals surface area contributed by atoms with Crippen LogP contribution in [0.5, 0.6) is 0 Å². The zero-order valence-electron chi connectivity index (χ0n) is 10.8. The molecule has 0 fully saturated rings. The molecule has 0 N–H and O–H groups in total. The molecule has 4 nitrogen and oxygen atoms in total. The van der Waals surface area contributed by atoms with Crippen LogP contribution in [0, 0.1) is 6.92 Å². The topological polar surface area (TPSA) is 39.9 Å². The summed E-state index contributed by atoms with van der Waals surface area (Å²) in [5.74, 6) is 1.91. The summed E-state index contributed by atoms with van der Waals surface area (Å²) < 4.78 is 7.80. The van der Waals surface area contributed by atoms with Crippen molar-refractivity contribution in [3.63, 3.8) is 0 Å². The smallest absolute Gasteiger partial charge is 0.164 e. The van der Waals surface area contributed by atoms with Gasteiger partial charge < -0.3 is 9.30 Å². The van der Waals surface area contributed by atoms with Crippen molar-refractivity contribution in [2.45, 2.75) is 32.9 Å². The van der Waals surface area contributed by atoms with Gasteiger partial charge in [-0.25, -0.2) is 0 Å². The van der Waals surface area contributed by atoms with Crippen LogP contribution in [-0.4, -0.2) is 21.4 Å². The molecule has 1 unspecified atom stereocenters. The molecule has 1 aromatic carbocycles. The van der Waals surface area contributed by atoms with Gasteiger partial charge >= 0.3 is 0 Å². The first-order chi connectivity index (χ1) is 8.81. The highest BCUT2D eigenvalue weighted by molar-refractivity contribution is 5.60. The molecule has 0 radical (unpaired) electrons. The van der Waals surface area contributed by atoms with Gasteiger partial charge in [0.15, 0.2) is 11.6 Å². The normalized spacial score (nSPS) is 18.7. The van der Waals surface area contributed by atoms with Gasteiger partial charge in [-0.2, -0.15) is 0 Å². The van der Waals surface area contributed by atoms with Crippen LogP contribution in [0.3, 0.4) is 0 Å². The van der Waals surface area contributed by atoms with Crippen LogP contribution in [0.15, 0.2) is 24.3 Å². The van der Waals surface area contributed by atoms with Gasteiger partial charge in [-0.15, -0.1) is 10.2 Å². The van der Waals surface area contributed by atoms with E-state index in [9.17, 15) is 0 Å². The van der Waals surface area contributed by atoms with E-state index in [1.165, 1.54) is 5.56 Å². The van der Waals surface area contributed by atoms with Gasteiger partial charge in [0.25, 0.3) is 0 Å². The van der Waals surface area contributed by atoms with Gasteiger partial charge in [-0.1, -0.05) is 31.2 Å². The van der Waals surface area contributed by atoms with Crippen LogP contribution in [0.1, 0.15) is 30.8 Å². The molecule has 3 rings (SSSR count). The second kappa shape index (κ2) is 4.53. The quantitative estimate of drug-likeness (QED) is 0.814. The fourth-order valence-corrected chi connectivity index (χ4v) is 2.47. The highest BCUT2D eigenvalue weighted by Gasteiger charge is 2.25. The Labute approximate surface area is 107 Å². The molecule has 1 atom stereocenters. The zero-order chi connectivity index (χ0) is 12.5. The molecule has 1 aliphatic heterocycles. The fraction of sp³-hybridized carbons (Fsp3) is 0.429. The highest BCUT2D eigenvalue weighted by Crippen LogP contribution is 2.29. The first-order valence-electron chi connectivity index (χ1n) is 6.38. The van der Waals surface area contributed by atoms with Gasteiger partial charge in [0.05, 0.1) is 12.6 Å². The Morgan fingerprint density at radius 1 is 1.33 bits per heavy atom. The van der Waals surface area contributed by atoms with Crippen LogP contribution in [0.25, 0.3) is 11.4 Å². The predicted octanol–water partition coefficient (Wildman–Crippen LogP) is 2.73. The first kappa shape index (κ1) is 11.4. The summed E-state index contributed by atoms with van der Waals surface area (Å²) in [5.41, 5.74) is 2.39. The van der Waals surface area contributed by atoms with E-state index in [-0.39, 0.29) is 0 Å². The minimum Gasteiger partial charge on any atom is -0.371 e. The number of fused-ring (bicyclic) bond motifs is 1. The maximum absolute atomic E-state index is 5.56. The van der Waals surface area contributed by atoms with E-state index in [4.69, 9.17) is 4.74 Å². The maximum atomic E-state index is 5.56. The van der Waals surface area contributed by atoms with Crippen LogP contribution in [0.4, 0.5) is 0 Å². The second-order valence-electron chi connectivity index (χ2n) is 4.70. The van der Waals surface area contributed by atoms with E-state index in [2.05, 4.69) is 40.7 Å². The number of nitrogens with zero attached hydrogens (tertiary/aromatic N) is 3. The largest absolute Gasteiger partial charge is 0.371 e. The number of ether oxygens (including phenoxy) is 1. The molecule has 0 amide bonds. The molecule has 0 spiro atoms. The molecule has 0 saturated carbocycles. The molecule has 1 aliphatic rings. The van der Waals surface area contributed by atoms with E-state index in [0.29, 0.717) is 12.6 Å². The molecular weight excluding hydrogens is 226 g/mol. The van der Waals surface area contributed by atoms with Crippen LogP contribution >= 0.6 is 0 Å². The molecule has 0 bridgehead atoms. The number of benzene rings is 1. The molecule has 2 heterocycles. The van der Waals surface area contributed by atoms with Crippen molar-refractivity contribution < 1.29 is 4.74 Å². The number of aromatic nitrogens is 3. The van der Waals surface area contributed by atoms with Crippen molar-refractivity contribution in [3.05, 3.63) is 35.7 Å². The molecule has 0 aliphatic carbocycles. The van der Waals surface area contributed by atoms with Crippen molar-refractivity contribution in [2.75, 3.05) is 6.61 Å². The lowest BCUT2D eigenvalue weighted by Gasteiger charge is -2.25. The third kappa shape index (κ3) is 1.73. The summed E-state index contributed by atoms with van der Waals surface area (Å²) in [6.45, 7) is 5.60. The zero-order valence-corrected chi connectivity index (χ0v) is 10.8. The summed E-state index contributed by atoms with van der Waals surface area (Å²) in [4.78, 5) is 0. The summed E-state index contributed by atoms with van der Waals surface area (Å²) >= 11 is 0. The third-order valence-corrected chi connectivity index (χ3v) is 3.53. The lowest BCUT2D eigenvalue weighted by atomic mass is 10.1. The number of aryl methyl sites for hydroxylation is 1.